The molecule has 0 bridgehead atoms. The summed E-state index contributed by atoms with van der Waals surface area (Å²) in [4.78, 5) is 0. The highest BCUT2D eigenvalue weighted by Gasteiger charge is 2.30. The summed E-state index contributed by atoms with van der Waals surface area (Å²) < 4.78 is 5.88. The molecule has 2 rings (SSSR count). The van der Waals surface area contributed by atoms with Gasteiger partial charge in [0.1, 0.15) is 10.0 Å². The van der Waals surface area contributed by atoms with Gasteiger partial charge >= 0.3 is 0 Å². The molecule has 5 nitrogen and oxygen atoms in total. The predicted octanol–water partition coefficient (Wildman–Crippen LogP) is 5.38. The summed E-state index contributed by atoms with van der Waals surface area (Å²) in [6, 6.07) is 0. The Labute approximate surface area is 155 Å². The third-order valence-corrected chi connectivity index (χ3v) is 6.07. The first kappa shape index (κ1) is 20.0. The smallest absolute Gasteiger partial charge is 0.221 e. The molecule has 2 aromatic heterocycles. The highest BCUT2D eigenvalue weighted by Crippen LogP contribution is 2.36. The van der Waals surface area contributed by atoms with Gasteiger partial charge in [-0.2, -0.15) is 0 Å². The normalized spacial score (nSPS) is 14.8. The molecule has 2 heterocycles. The van der Waals surface area contributed by atoms with Crippen molar-refractivity contribution in [2.75, 3.05) is 0 Å². The Kier molecular flexibility index (Phi) is 5.43. The van der Waals surface area contributed by atoms with Crippen LogP contribution in [0.15, 0.2) is 4.42 Å². The van der Waals surface area contributed by atoms with Crippen molar-refractivity contribution in [3.63, 3.8) is 0 Å². The van der Waals surface area contributed by atoms with E-state index in [2.05, 4.69) is 82.7 Å². The van der Waals surface area contributed by atoms with E-state index in [-0.39, 0.29) is 22.2 Å². The lowest BCUT2D eigenvalue weighted by Crippen LogP contribution is -2.18. The molecule has 140 valence electrons. The van der Waals surface area contributed by atoms with Crippen molar-refractivity contribution in [2.24, 2.45) is 0 Å². The van der Waals surface area contributed by atoms with Crippen LogP contribution >= 0.6 is 11.3 Å². The average molecular weight is 365 g/mol. The zero-order chi connectivity index (χ0) is 19.0. The van der Waals surface area contributed by atoms with Gasteiger partial charge in [-0.25, -0.2) is 0 Å². The van der Waals surface area contributed by atoms with Gasteiger partial charge in [0.2, 0.25) is 11.8 Å². The molecule has 0 spiro atoms. The Morgan fingerprint density at radius 3 is 1.92 bits per heavy atom. The average Bonchev–Trinajstić information content (AvgIpc) is 3.12. The molecule has 0 aliphatic carbocycles. The predicted molar refractivity (Wildman–Crippen MR) is 102 cm³/mol. The SMILES string of the molecule is CC(CCC(C)(C)c1nnc(C(C)(C)C)s1)c1nnc(C(C)(C)C)o1. The van der Waals surface area contributed by atoms with Crippen molar-refractivity contribution < 1.29 is 4.42 Å². The van der Waals surface area contributed by atoms with Gasteiger partial charge in [-0.3, -0.25) is 0 Å². The van der Waals surface area contributed by atoms with Gasteiger partial charge in [0.15, 0.2) is 0 Å². The minimum Gasteiger partial charge on any atom is -0.424 e. The summed E-state index contributed by atoms with van der Waals surface area (Å²) in [5.41, 5.74) is -0.0745. The lowest BCUT2D eigenvalue weighted by molar-refractivity contribution is 0.343. The molecule has 0 aromatic carbocycles. The van der Waals surface area contributed by atoms with Gasteiger partial charge in [-0.1, -0.05) is 62.3 Å². The van der Waals surface area contributed by atoms with E-state index in [0.29, 0.717) is 5.89 Å². The van der Waals surface area contributed by atoms with Crippen molar-refractivity contribution in [1.82, 2.24) is 20.4 Å². The van der Waals surface area contributed by atoms with E-state index in [9.17, 15) is 0 Å². The maximum absolute atomic E-state index is 5.88. The monoisotopic (exact) mass is 364 g/mol. The zero-order valence-corrected chi connectivity index (χ0v) is 17.9. The van der Waals surface area contributed by atoms with Crippen LogP contribution in [0.1, 0.15) is 103 Å². The molecule has 2 aromatic rings. The number of aromatic nitrogens is 4. The van der Waals surface area contributed by atoms with Gasteiger partial charge in [-0.05, 0) is 12.8 Å². The summed E-state index contributed by atoms with van der Waals surface area (Å²) in [7, 11) is 0. The van der Waals surface area contributed by atoms with E-state index in [1.54, 1.807) is 11.3 Å². The first-order valence-electron chi connectivity index (χ1n) is 8.99. The van der Waals surface area contributed by atoms with Crippen LogP contribution in [-0.4, -0.2) is 20.4 Å². The van der Waals surface area contributed by atoms with Crippen LogP contribution in [0, 0.1) is 0 Å². The van der Waals surface area contributed by atoms with Crippen molar-refractivity contribution >= 4 is 11.3 Å². The molecule has 0 fully saturated rings. The summed E-state index contributed by atoms with van der Waals surface area (Å²) in [5, 5.41) is 19.5. The Morgan fingerprint density at radius 1 is 0.840 bits per heavy atom. The Bertz CT molecular complexity index is 704. The lowest BCUT2D eigenvalue weighted by atomic mass is 9.85. The largest absolute Gasteiger partial charge is 0.424 e. The Hall–Kier alpha value is -1.30. The van der Waals surface area contributed by atoms with Crippen LogP contribution in [0.25, 0.3) is 0 Å². The number of hydrogen-bond acceptors (Lipinski definition) is 6. The topological polar surface area (TPSA) is 64.7 Å². The quantitative estimate of drug-likeness (QED) is 0.713. The second kappa shape index (κ2) is 6.78. The number of hydrogen-bond donors (Lipinski definition) is 0. The minimum atomic E-state index is -0.111. The number of nitrogens with zero attached hydrogens (tertiary/aromatic N) is 4. The molecule has 6 heteroatoms. The zero-order valence-electron chi connectivity index (χ0n) is 17.1. The highest BCUT2D eigenvalue weighted by atomic mass is 32.1. The molecular weight excluding hydrogens is 332 g/mol. The molecule has 0 radical (unpaired) electrons. The molecule has 25 heavy (non-hydrogen) atoms. The van der Waals surface area contributed by atoms with Gasteiger partial charge in [-0.15, -0.1) is 31.7 Å². The van der Waals surface area contributed by atoms with E-state index < -0.39 is 0 Å². The summed E-state index contributed by atoms with van der Waals surface area (Å²) in [6.07, 6.45) is 1.98. The molecule has 0 saturated heterocycles. The fourth-order valence-corrected chi connectivity index (χ4v) is 3.38. The van der Waals surface area contributed by atoms with E-state index >= 15 is 0 Å². The van der Waals surface area contributed by atoms with Crippen molar-refractivity contribution in [3.05, 3.63) is 21.8 Å². The molecule has 0 N–H and O–H groups in total. The highest BCUT2D eigenvalue weighted by molar-refractivity contribution is 7.11. The fraction of sp³-hybridized carbons (Fsp3) is 0.789. The van der Waals surface area contributed by atoms with Crippen LogP contribution in [0.5, 0.6) is 0 Å². The van der Waals surface area contributed by atoms with Gasteiger partial charge in [0.25, 0.3) is 0 Å². The second-order valence-electron chi connectivity index (χ2n) is 9.68. The lowest BCUT2D eigenvalue weighted by Gasteiger charge is -2.22. The summed E-state index contributed by atoms with van der Waals surface area (Å²) in [5.74, 6) is 1.67. The Morgan fingerprint density at radius 2 is 1.44 bits per heavy atom. The van der Waals surface area contributed by atoms with Crippen LogP contribution in [0.4, 0.5) is 0 Å². The standard InChI is InChI=1S/C19H32N4OS/c1-12(13-20-21-14(24-13)17(2,3)4)10-11-19(8,9)16-23-22-15(25-16)18(5,6)7/h12H,10-11H2,1-9H3. The Balaban J connectivity index is 2.04. The van der Waals surface area contributed by atoms with Crippen molar-refractivity contribution in [1.29, 1.82) is 0 Å². The van der Waals surface area contributed by atoms with Gasteiger partial charge in [0, 0.05) is 22.2 Å². The third kappa shape index (κ3) is 4.87. The second-order valence-corrected chi connectivity index (χ2v) is 10.7. The van der Waals surface area contributed by atoms with Crippen LogP contribution in [0.2, 0.25) is 0 Å². The third-order valence-electron chi connectivity index (χ3n) is 4.35. The van der Waals surface area contributed by atoms with Crippen LogP contribution in [0.3, 0.4) is 0 Å². The molecule has 0 saturated carbocycles. The van der Waals surface area contributed by atoms with Crippen LogP contribution in [-0.2, 0) is 16.2 Å². The van der Waals surface area contributed by atoms with E-state index in [1.807, 2.05) is 0 Å². The molecule has 0 aliphatic rings. The van der Waals surface area contributed by atoms with Crippen molar-refractivity contribution in [2.45, 2.75) is 97.3 Å². The maximum Gasteiger partial charge on any atom is 0.221 e. The maximum atomic E-state index is 5.88. The first-order valence-corrected chi connectivity index (χ1v) is 9.81. The fourth-order valence-electron chi connectivity index (χ4n) is 2.34. The molecule has 1 unspecified atom stereocenters. The van der Waals surface area contributed by atoms with E-state index in [1.165, 1.54) is 0 Å². The first-order chi connectivity index (χ1) is 11.3. The van der Waals surface area contributed by atoms with E-state index in [0.717, 1.165) is 28.7 Å². The van der Waals surface area contributed by atoms with Crippen LogP contribution < -0.4 is 0 Å². The minimum absolute atomic E-state index is 0.0116. The van der Waals surface area contributed by atoms with E-state index in [4.69, 9.17) is 4.42 Å². The molecule has 1 atom stereocenters. The summed E-state index contributed by atoms with van der Waals surface area (Å²) in [6.45, 7) is 19.4. The van der Waals surface area contributed by atoms with Crippen molar-refractivity contribution in [3.8, 4) is 0 Å². The molecular formula is C19H32N4OS. The van der Waals surface area contributed by atoms with Gasteiger partial charge in [0.05, 0.1) is 0 Å². The van der Waals surface area contributed by atoms with Gasteiger partial charge < -0.3 is 4.42 Å². The molecule has 0 aliphatic heterocycles. The molecule has 0 amide bonds. The number of rotatable bonds is 5. The summed E-state index contributed by atoms with van der Waals surface area (Å²) >= 11 is 1.73.